The number of aromatic nitrogens is 2. The molecule has 13 nitrogen and oxygen atoms in total. The summed E-state index contributed by atoms with van der Waals surface area (Å²) in [6.07, 6.45) is -1.64. The highest BCUT2D eigenvalue weighted by atomic mass is 31.2. The second-order valence-corrected chi connectivity index (χ2v) is 15.8. The number of fused-ring (bicyclic) bond motifs is 2. The van der Waals surface area contributed by atoms with Crippen molar-refractivity contribution in [2.75, 3.05) is 27.4 Å². The molecule has 2 fully saturated rings. The molecular formula is C41H49N4O9P. The minimum absolute atomic E-state index is 0.00977. The van der Waals surface area contributed by atoms with Crippen molar-refractivity contribution in [2.45, 2.75) is 89.1 Å². The summed E-state index contributed by atoms with van der Waals surface area (Å²) in [6, 6.07) is 26.3. The van der Waals surface area contributed by atoms with Crippen LogP contribution in [0.3, 0.4) is 0 Å². The average Bonchev–Trinajstić information content (AvgIpc) is 3.56. The molecule has 0 amide bonds. The van der Waals surface area contributed by atoms with Crippen molar-refractivity contribution in [3.05, 3.63) is 140 Å². The summed E-state index contributed by atoms with van der Waals surface area (Å²) < 4.78 is 50.0. The van der Waals surface area contributed by atoms with Gasteiger partial charge in [-0.05, 0) is 82.5 Å². The van der Waals surface area contributed by atoms with E-state index < -0.39 is 55.2 Å². The molecule has 2 aliphatic rings. The van der Waals surface area contributed by atoms with Crippen LogP contribution in [0.2, 0.25) is 0 Å². The first-order chi connectivity index (χ1) is 26.3. The molecule has 1 unspecified atom stereocenters. The Morgan fingerprint density at radius 2 is 1.44 bits per heavy atom. The summed E-state index contributed by atoms with van der Waals surface area (Å²) in [6.45, 7) is 19.7. The van der Waals surface area contributed by atoms with Crippen molar-refractivity contribution in [1.82, 2.24) is 14.2 Å². The van der Waals surface area contributed by atoms with Gasteiger partial charge in [0.25, 0.3) is 14.1 Å². The average molecular weight is 773 g/mol. The Kier molecular flexibility index (Phi) is 12.0. The molecule has 4 aromatic rings. The van der Waals surface area contributed by atoms with Gasteiger partial charge in [-0.1, -0.05) is 54.6 Å². The summed E-state index contributed by atoms with van der Waals surface area (Å²) in [4.78, 5) is 31.5. The topological polar surface area (TPSA) is 127 Å². The molecule has 3 aromatic carbocycles. The zero-order valence-electron chi connectivity index (χ0n) is 32.4. The molecule has 2 aliphatic heterocycles. The van der Waals surface area contributed by atoms with Crippen LogP contribution >= 0.6 is 8.53 Å². The van der Waals surface area contributed by atoms with E-state index in [0.29, 0.717) is 11.5 Å². The van der Waals surface area contributed by atoms with Gasteiger partial charge in [-0.2, -0.15) is 0 Å². The Morgan fingerprint density at radius 3 is 1.95 bits per heavy atom. The highest BCUT2D eigenvalue weighted by molar-refractivity contribution is 7.44. The standard InChI is InChI=1S/C41H49N4O9P/c1-27(2)45(28(3)4)55(50-26-24-42-7)53-36-35-37(44-25-23-34(46)43-38(44)47)52-41(36,39(5,6)51-35)54-40(29-13-11-10-12-14-29,30-15-19-32(48-8)20-16-30)31-17-21-33(49-9)22-18-31/h10-23,25,27-28,35-37H,24,26H2,1-6,8-9H3,(H,43,46,47)/t35-,36-,37+,41-,55?/m0/s1. The number of benzene rings is 3. The van der Waals surface area contributed by atoms with E-state index in [9.17, 15) is 9.59 Å². The Balaban J connectivity index is 1.63. The third-order valence-corrected chi connectivity index (χ3v) is 12.1. The molecule has 2 saturated heterocycles. The zero-order valence-corrected chi connectivity index (χ0v) is 33.3. The lowest BCUT2D eigenvalue weighted by molar-refractivity contribution is -0.367. The molecule has 2 bridgehead atoms. The minimum atomic E-state index is -1.86. The number of methoxy groups -OCH3 is 2. The maximum absolute atomic E-state index is 13.4. The first-order valence-electron chi connectivity index (χ1n) is 18.2. The number of nitrogens with one attached hydrogen (secondary N) is 1. The molecule has 6 rings (SSSR count). The molecule has 5 atom stereocenters. The van der Waals surface area contributed by atoms with Crippen LogP contribution in [0.5, 0.6) is 11.5 Å². The highest BCUT2D eigenvalue weighted by Crippen LogP contribution is 2.63. The van der Waals surface area contributed by atoms with E-state index >= 15 is 0 Å². The summed E-state index contributed by atoms with van der Waals surface area (Å²) in [7, 11) is 1.36. The van der Waals surface area contributed by atoms with E-state index in [1.807, 2.05) is 92.7 Å². The smallest absolute Gasteiger partial charge is 0.330 e. The van der Waals surface area contributed by atoms with Crippen molar-refractivity contribution in [3.63, 3.8) is 0 Å². The molecule has 0 radical (unpaired) electrons. The number of nitrogens with zero attached hydrogens (tertiary/aromatic N) is 3. The van der Waals surface area contributed by atoms with E-state index in [2.05, 4.69) is 42.2 Å². The maximum atomic E-state index is 13.4. The molecule has 1 N–H and O–H groups in total. The van der Waals surface area contributed by atoms with Crippen LogP contribution in [-0.2, 0) is 28.9 Å². The lowest BCUT2D eigenvalue weighted by Gasteiger charge is -2.49. The van der Waals surface area contributed by atoms with Crippen molar-refractivity contribution in [2.24, 2.45) is 0 Å². The van der Waals surface area contributed by atoms with E-state index in [1.165, 1.54) is 16.8 Å². The number of H-pyrrole nitrogens is 1. The third-order valence-electron chi connectivity index (χ3n) is 9.98. The Hall–Kier alpha value is -4.38. The number of hydrogen-bond donors (Lipinski definition) is 1. The Labute approximate surface area is 322 Å². The monoisotopic (exact) mass is 772 g/mol. The van der Waals surface area contributed by atoms with Crippen LogP contribution in [0.15, 0.2) is 101 Å². The quantitative estimate of drug-likeness (QED) is 0.0574. The van der Waals surface area contributed by atoms with E-state index in [0.717, 1.165) is 16.7 Å². The van der Waals surface area contributed by atoms with Crippen molar-refractivity contribution in [1.29, 1.82) is 0 Å². The van der Waals surface area contributed by atoms with Gasteiger partial charge in [0.1, 0.15) is 35.4 Å². The number of aromatic amines is 1. The van der Waals surface area contributed by atoms with E-state index in [-0.39, 0.29) is 25.2 Å². The molecule has 292 valence electrons. The fraction of sp³-hybridized carbons (Fsp3) is 0.439. The van der Waals surface area contributed by atoms with Gasteiger partial charge >= 0.3 is 5.69 Å². The summed E-state index contributed by atoms with van der Waals surface area (Å²) >= 11 is 0. The van der Waals surface area contributed by atoms with Gasteiger partial charge in [0, 0.05) is 24.3 Å². The molecule has 0 aliphatic carbocycles. The molecule has 0 saturated carbocycles. The van der Waals surface area contributed by atoms with Gasteiger partial charge in [-0.3, -0.25) is 14.3 Å². The van der Waals surface area contributed by atoms with Crippen LogP contribution in [0.4, 0.5) is 0 Å². The number of hydrogen-bond acceptors (Lipinski definition) is 10. The van der Waals surface area contributed by atoms with Gasteiger partial charge in [0.2, 0.25) is 12.3 Å². The van der Waals surface area contributed by atoms with Crippen LogP contribution in [-0.4, -0.2) is 77.3 Å². The van der Waals surface area contributed by atoms with E-state index in [4.69, 9.17) is 39.3 Å². The van der Waals surface area contributed by atoms with Crippen LogP contribution in [0.1, 0.15) is 64.5 Å². The second-order valence-electron chi connectivity index (χ2n) is 14.4. The minimum Gasteiger partial charge on any atom is -0.497 e. The first kappa shape index (κ1) is 40.3. The second kappa shape index (κ2) is 16.4. The van der Waals surface area contributed by atoms with Crippen molar-refractivity contribution in [3.8, 4) is 11.5 Å². The largest absolute Gasteiger partial charge is 0.497 e. The highest BCUT2D eigenvalue weighted by Gasteiger charge is 2.76. The van der Waals surface area contributed by atoms with Crippen molar-refractivity contribution < 1.29 is 32.7 Å². The lowest BCUT2D eigenvalue weighted by Crippen LogP contribution is -2.60. The van der Waals surface area contributed by atoms with Gasteiger partial charge < -0.3 is 37.6 Å². The predicted octanol–water partition coefficient (Wildman–Crippen LogP) is 6.63. The van der Waals surface area contributed by atoms with Gasteiger partial charge in [-0.15, -0.1) is 0 Å². The SMILES string of the molecule is [C-]#[N+]CCOP(O[C@H]1[C@@H]2OC(C)(C)[C@]1(OC(c1ccccc1)(c1ccc(OC)cc1)c1ccc(OC)cc1)O[C@H]2n1ccc(=O)[nH]c1=O)N(C(C)C)C(C)C. The molecule has 1 aromatic heterocycles. The lowest BCUT2D eigenvalue weighted by atomic mass is 9.79. The van der Waals surface area contributed by atoms with Crippen molar-refractivity contribution >= 4 is 8.53 Å². The zero-order chi connectivity index (χ0) is 39.5. The molecule has 0 spiro atoms. The predicted molar refractivity (Wildman–Crippen MR) is 208 cm³/mol. The van der Waals surface area contributed by atoms with Gasteiger partial charge in [0.05, 0.1) is 14.2 Å². The van der Waals surface area contributed by atoms with Crippen LogP contribution in [0.25, 0.3) is 4.85 Å². The summed E-state index contributed by atoms with van der Waals surface area (Å²) in [5, 5.41) is 0. The molecule has 55 heavy (non-hydrogen) atoms. The summed E-state index contributed by atoms with van der Waals surface area (Å²) in [5.74, 6) is -0.441. The molecular weight excluding hydrogens is 723 g/mol. The van der Waals surface area contributed by atoms with E-state index in [1.54, 1.807) is 14.2 Å². The fourth-order valence-electron chi connectivity index (χ4n) is 7.50. The first-order valence-corrected chi connectivity index (χ1v) is 19.4. The maximum Gasteiger partial charge on any atom is 0.330 e. The number of rotatable bonds is 16. The number of ether oxygens (including phenoxy) is 5. The van der Waals surface area contributed by atoms with Crippen LogP contribution in [0, 0.1) is 6.57 Å². The summed E-state index contributed by atoms with van der Waals surface area (Å²) in [5.41, 5.74) is -1.58. The fourth-order valence-corrected chi connectivity index (χ4v) is 9.25. The Morgan fingerprint density at radius 1 is 0.873 bits per heavy atom. The normalized spacial score (nSPS) is 22.3. The van der Waals surface area contributed by atoms with Gasteiger partial charge in [-0.25, -0.2) is 16.0 Å². The Bertz CT molecular complexity index is 2010. The molecule has 14 heteroatoms. The third kappa shape index (κ3) is 7.48. The van der Waals surface area contributed by atoms with Gasteiger partial charge in [0.15, 0.2) is 12.3 Å². The molecule has 3 heterocycles. The van der Waals surface area contributed by atoms with Crippen LogP contribution < -0.4 is 20.7 Å².